The molecule has 2 N–H and O–H groups in total. The summed E-state index contributed by atoms with van der Waals surface area (Å²) in [5.41, 5.74) is 2.05. The predicted molar refractivity (Wildman–Crippen MR) is 120 cm³/mol. The van der Waals surface area contributed by atoms with E-state index < -0.39 is 11.7 Å². The first-order valence-corrected chi connectivity index (χ1v) is 9.97. The summed E-state index contributed by atoms with van der Waals surface area (Å²) in [6.07, 6.45) is 7.35. The molecule has 3 aromatic rings. The third-order valence-corrected chi connectivity index (χ3v) is 5.46. The van der Waals surface area contributed by atoms with Gasteiger partial charge in [0, 0.05) is 34.4 Å². The van der Waals surface area contributed by atoms with Gasteiger partial charge in [0.25, 0.3) is 5.91 Å². The molecule has 0 spiro atoms. The van der Waals surface area contributed by atoms with Gasteiger partial charge in [-0.15, -0.1) is 0 Å². The highest BCUT2D eigenvalue weighted by molar-refractivity contribution is 7.81. The number of nitrogens with one attached hydrogen (secondary N) is 1. The van der Waals surface area contributed by atoms with Crippen LogP contribution in [0.4, 0.5) is 4.39 Å². The monoisotopic (exact) mass is 438 g/mol. The van der Waals surface area contributed by atoms with Gasteiger partial charge in [-0.1, -0.05) is 54.2 Å². The number of aromatic hydroxyl groups is 1. The zero-order valence-corrected chi connectivity index (χ0v) is 17.2. The smallest absolute Gasteiger partial charge is 0.256 e. The van der Waals surface area contributed by atoms with E-state index in [0.29, 0.717) is 27.4 Å². The maximum Gasteiger partial charge on any atom is 0.256 e. The number of carbonyl (C=O) groups is 1. The SMILES string of the molecule is O=C(NCc1ccc(Cl)cc1)c1cnc2c(F)cc(C3=CC=CCC3=S)cc2c1O. The standard InChI is InChI=1S/C23H16ClFN2O2S/c24-15-7-5-13(6-8-15)11-27-23(29)18-12-26-21-17(22(18)28)9-14(10-19(21)25)16-3-1-2-4-20(16)30/h1-3,5-10,12H,4,11H2,(H,26,28)(H,27,29). The molecule has 30 heavy (non-hydrogen) atoms. The maximum atomic E-state index is 14.7. The van der Waals surface area contributed by atoms with Crippen molar-refractivity contribution in [1.82, 2.24) is 10.3 Å². The van der Waals surface area contributed by atoms with Crippen molar-refractivity contribution in [2.24, 2.45) is 0 Å². The number of thiocarbonyl (C=S) groups is 1. The van der Waals surface area contributed by atoms with Crippen LogP contribution in [0.3, 0.4) is 0 Å². The quantitative estimate of drug-likeness (QED) is 0.537. The van der Waals surface area contributed by atoms with Gasteiger partial charge in [-0.05, 0) is 41.0 Å². The molecule has 1 aliphatic rings. The number of rotatable bonds is 4. The Hall–Kier alpha value is -3.09. The molecule has 0 unspecified atom stereocenters. The van der Waals surface area contributed by atoms with E-state index >= 15 is 0 Å². The van der Waals surface area contributed by atoms with Gasteiger partial charge < -0.3 is 10.4 Å². The van der Waals surface area contributed by atoms with Crippen LogP contribution < -0.4 is 5.32 Å². The van der Waals surface area contributed by atoms with E-state index in [1.807, 2.05) is 12.2 Å². The van der Waals surface area contributed by atoms with Crippen LogP contribution in [-0.2, 0) is 6.54 Å². The van der Waals surface area contributed by atoms with Crippen molar-refractivity contribution in [3.05, 3.63) is 88.4 Å². The number of nitrogens with zero attached hydrogens (tertiary/aromatic N) is 1. The first-order valence-electron chi connectivity index (χ1n) is 9.18. The lowest BCUT2D eigenvalue weighted by molar-refractivity contribution is 0.0948. The van der Waals surface area contributed by atoms with Crippen LogP contribution in [0.25, 0.3) is 16.5 Å². The highest BCUT2D eigenvalue weighted by Crippen LogP contribution is 2.33. The third kappa shape index (κ3) is 3.97. The third-order valence-electron chi connectivity index (χ3n) is 4.82. The van der Waals surface area contributed by atoms with Gasteiger partial charge in [-0.25, -0.2) is 4.39 Å². The number of benzene rings is 2. The summed E-state index contributed by atoms with van der Waals surface area (Å²) in [7, 11) is 0. The van der Waals surface area contributed by atoms with Crippen LogP contribution in [0.5, 0.6) is 5.75 Å². The molecule has 1 heterocycles. The van der Waals surface area contributed by atoms with Crippen molar-refractivity contribution >= 4 is 51.1 Å². The second-order valence-electron chi connectivity index (χ2n) is 6.82. The molecule has 7 heteroatoms. The number of aromatic nitrogens is 1. The number of halogens is 2. The van der Waals surface area contributed by atoms with Crippen LogP contribution in [0, 0.1) is 5.82 Å². The van der Waals surface area contributed by atoms with Gasteiger partial charge in [0.2, 0.25) is 0 Å². The second kappa shape index (κ2) is 8.34. The van der Waals surface area contributed by atoms with Crippen molar-refractivity contribution in [3.8, 4) is 5.75 Å². The Morgan fingerprint density at radius 1 is 1.27 bits per heavy atom. The molecule has 0 fully saturated rings. The summed E-state index contributed by atoms with van der Waals surface area (Å²) in [5, 5.41) is 14.2. The summed E-state index contributed by atoms with van der Waals surface area (Å²) in [4.78, 5) is 17.3. The average molecular weight is 439 g/mol. The predicted octanol–water partition coefficient (Wildman–Crippen LogP) is 5.38. The molecule has 4 nitrogen and oxygen atoms in total. The number of allylic oxidation sites excluding steroid dienone is 4. The number of carbonyl (C=O) groups excluding carboxylic acids is 1. The fourth-order valence-corrected chi connectivity index (χ4v) is 3.66. The zero-order chi connectivity index (χ0) is 21.3. The van der Waals surface area contributed by atoms with Crippen LogP contribution >= 0.6 is 23.8 Å². The first-order chi connectivity index (χ1) is 14.4. The van der Waals surface area contributed by atoms with E-state index in [2.05, 4.69) is 10.3 Å². The molecule has 0 atom stereocenters. The second-order valence-corrected chi connectivity index (χ2v) is 7.75. The van der Waals surface area contributed by atoms with Gasteiger partial charge >= 0.3 is 0 Å². The Labute approximate surface area is 182 Å². The summed E-state index contributed by atoms with van der Waals surface area (Å²) in [6, 6.07) is 9.97. The van der Waals surface area contributed by atoms with Crippen molar-refractivity contribution in [2.75, 3.05) is 0 Å². The molecular weight excluding hydrogens is 423 g/mol. The minimum Gasteiger partial charge on any atom is -0.506 e. The van der Waals surface area contributed by atoms with E-state index in [9.17, 15) is 14.3 Å². The summed E-state index contributed by atoms with van der Waals surface area (Å²) in [5.74, 6) is -1.44. The molecular formula is C23H16ClFN2O2S. The van der Waals surface area contributed by atoms with Crippen LogP contribution in [0.2, 0.25) is 5.02 Å². The lowest BCUT2D eigenvalue weighted by Crippen LogP contribution is -2.23. The Morgan fingerprint density at radius 2 is 2.03 bits per heavy atom. The van der Waals surface area contributed by atoms with Crippen LogP contribution in [0.1, 0.15) is 27.9 Å². The van der Waals surface area contributed by atoms with Crippen molar-refractivity contribution in [3.63, 3.8) is 0 Å². The Bertz CT molecular complexity index is 1240. The van der Waals surface area contributed by atoms with Gasteiger partial charge in [0.05, 0.1) is 0 Å². The van der Waals surface area contributed by atoms with E-state index in [0.717, 1.165) is 5.56 Å². The Balaban J connectivity index is 1.67. The number of fused-ring (bicyclic) bond motifs is 1. The fraction of sp³-hybridized carbons (Fsp3) is 0.0870. The molecule has 1 amide bonds. The summed E-state index contributed by atoms with van der Waals surface area (Å²) >= 11 is 11.2. The first kappa shape index (κ1) is 20.2. The topological polar surface area (TPSA) is 62.2 Å². The minimum absolute atomic E-state index is 0.0108. The number of amides is 1. The number of hydrogen-bond donors (Lipinski definition) is 2. The van der Waals surface area contributed by atoms with Gasteiger partial charge in [-0.2, -0.15) is 0 Å². The molecule has 4 rings (SSSR count). The minimum atomic E-state index is -0.593. The fourth-order valence-electron chi connectivity index (χ4n) is 3.25. The van der Waals surface area contributed by atoms with E-state index in [1.165, 1.54) is 12.3 Å². The van der Waals surface area contributed by atoms with Crippen molar-refractivity contribution in [1.29, 1.82) is 0 Å². The van der Waals surface area contributed by atoms with Gasteiger partial charge in [0.15, 0.2) is 0 Å². The maximum absolute atomic E-state index is 14.7. The molecule has 2 aromatic carbocycles. The molecule has 1 aliphatic carbocycles. The molecule has 1 aromatic heterocycles. The van der Waals surface area contributed by atoms with Crippen LogP contribution in [0.15, 0.2) is 60.8 Å². The van der Waals surface area contributed by atoms with Gasteiger partial charge in [0.1, 0.15) is 22.6 Å². The highest BCUT2D eigenvalue weighted by atomic mass is 35.5. The largest absolute Gasteiger partial charge is 0.506 e. The summed E-state index contributed by atoms with van der Waals surface area (Å²) < 4.78 is 14.7. The molecule has 0 bridgehead atoms. The van der Waals surface area contributed by atoms with Gasteiger partial charge in [-0.3, -0.25) is 9.78 Å². The molecule has 150 valence electrons. The van der Waals surface area contributed by atoms with Crippen LogP contribution in [-0.4, -0.2) is 20.9 Å². The molecule has 0 saturated heterocycles. The average Bonchev–Trinajstić information content (AvgIpc) is 2.74. The lowest BCUT2D eigenvalue weighted by Gasteiger charge is -2.14. The van der Waals surface area contributed by atoms with Crippen molar-refractivity contribution in [2.45, 2.75) is 13.0 Å². The molecule has 0 radical (unpaired) electrons. The summed E-state index contributed by atoms with van der Waals surface area (Å²) in [6.45, 7) is 0.245. The van der Waals surface area contributed by atoms with Crippen molar-refractivity contribution < 1.29 is 14.3 Å². The highest BCUT2D eigenvalue weighted by Gasteiger charge is 2.19. The number of hydrogen-bond acceptors (Lipinski definition) is 4. The molecule has 0 aliphatic heterocycles. The van der Waals surface area contributed by atoms with E-state index in [-0.39, 0.29) is 28.8 Å². The molecule has 0 saturated carbocycles. The zero-order valence-electron chi connectivity index (χ0n) is 15.7. The lowest BCUT2D eigenvalue weighted by atomic mass is 9.95. The normalized spacial score (nSPS) is 13.4. The number of pyridine rings is 1. The Kier molecular flexibility index (Phi) is 5.61. The Morgan fingerprint density at radius 3 is 2.77 bits per heavy atom. The van der Waals surface area contributed by atoms with E-state index in [4.69, 9.17) is 23.8 Å². The van der Waals surface area contributed by atoms with E-state index in [1.54, 1.807) is 36.4 Å².